The summed E-state index contributed by atoms with van der Waals surface area (Å²) in [4.78, 5) is 25.3. The van der Waals surface area contributed by atoms with Crippen LogP contribution in [0.1, 0.15) is 15.9 Å². The smallest absolute Gasteiger partial charge is 0.263 e. The van der Waals surface area contributed by atoms with Crippen LogP contribution in [0.2, 0.25) is 5.02 Å². The van der Waals surface area contributed by atoms with E-state index in [1.165, 1.54) is 17.7 Å². The van der Waals surface area contributed by atoms with E-state index in [1.54, 1.807) is 30.5 Å². The van der Waals surface area contributed by atoms with E-state index < -0.39 is 5.91 Å². The number of methoxy groups -OCH3 is 1. The van der Waals surface area contributed by atoms with Crippen LogP contribution in [0.5, 0.6) is 5.75 Å². The van der Waals surface area contributed by atoms with Crippen LogP contribution in [-0.4, -0.2) is 17.6 Å². The highest BCUT2D eigenvalue weighted by molar-refractivity contribution is 6.31. The molecule has 2 aromatic carbocycles. The van der Waals surface area contributed by atoms with Crippen molar-refractivity contribution in [2.24, 2.45) is 0 Å². The summed E-state index contributed by atoms with van der Waals surface area (Å²) in [6, 6.07) is 17.6. The van der Waals surface area contributed by atoms with Crippen molar-refractivity contribution in [1.82, 2.24) is 4.57 Å². The van der Waals surface area contributed by atoms with Gasteiger partial charge in [0.15, 0.2) is 0 Å². The number of nitrogens with one attached hydrogen (secondary N) is 1. The van der Waals surface area contributed by atoms with E-state index in [-0.39, 0.29) is 11.1 Å². The van der Waals surface area contributed by atoms with E-state index >= 15 is 0 Å². The van der Waals surface area contributed by atoms with Crippen molar-refractivity contribution in [3.8, 4) is 5.75 Å². The van der Waals surface area contributed by atoms with Gasteiger partial charge in [0.25, 0.3) is 11.5 Å². The Balaban J connectivity index is 1.88. The van der Waals surface area contributed by atoms with E-state index in [0.717, 1.165) is 5.56 Å². The molecule has 5 nitrogen and oxygen atoms in total. The highest BCUT2D eigenvalue weighted by Crippen LogP contribution is 2.27. The lowest BCUT2D eigenvalue weighted by atomic mass is 10.2. The summed E-state index contributed by atoms with van der Waals surface area (Å²) in [5, 5.41) is 3.14. The van der Waals surface area contributed by atoms with Crippen LogP contribution >= 0.6 is 11.6 Å². The molecule has 1 aromatic heterocycles. The van der Waals surface area contributed by atoms with E-state index in [1.807, 2.05) is 30.3 Å². The zero-order chi connectivity index (χ0) is 18.5. The minimum Gasteiger partial charge on any atom is -0.495 e. The number of ether oxygens (including phenoxy) is 1. The number of rotatable bonds is 5. The first-order valence-corrected chi connectivity index (χ1v) is 8.34. The van der Waals surface area contributed by atoms with Crippen molar-refractivity contribution in [1.29, 1.82) is 0 Å². The molecule has 0 spiro atoms. The van der Waals surface area contributed by atoms with Crippen LogP contribution in [-0.2, 0) is 6.54 Å². The number of halogens is 1. The van der Waals surface area contributed by atoms with Crippen LogP contribution in [0.15, 0.2) is 71.7 Å². The Hall–Kier alpha value is -3.05. The standard InChI is InChI=1S/C20H17ClN2O3/c1-26-18-10-9-15(21)12-17(18)22-19(24)16-8-5-11-23(20(16)25)13-14-6-3-2-4-7-14/h2-12H,13H2,1H3,(H,22,24). The van der Waals surface area contributed by atoms with Gasteiger partial charge in [-0.2, -0.15) is 0 Å². The predicted molar refractivity (Wildman–Crippen MR) is 102 cm³/mol. The molecule has 0 unspecified atom stereocenters. The minimum atomic E-state index is -0.516. The van der Waals surface area contributed by atoms with Gasteiger partial charge in [0, 0.05) is 11.2 Å². The number of amides is 1. The molecular weight excluding hydrogens is 352 g/mol. The summed E-state index contributed by atoms with van der Waals surface area (Å²) in [6.07, 6.45) is 1.66. The molecule has 0 aliphatic heterocycles. The molecule has 1 amide bonds. The number of aromatic nitrogens is 1. The highest BCUT2D eigenvalue weighted by atomic mass is 35.5. The van der Waals surface area contributed by atoms with Gasteiger partial charge in [-0.3, -0.25) is 9.59 Å². The fraction of sp³-hybridized carbons (Fsp3) is 0.100. The van der Waals surface area contributed by atoms with Gasteiger partial charge in [0.05, 0.1) is 19.3 Å². The minimum absolute atomic E-state index is 0.0467. The molecule has 0 saturated heterocycles. The second-order valence-electron chi connectivity index (χ2n) is 5.64. The first-order chi connectivity index (χ1) is 12.6. The Morgan fingerprint density at radius 2 is 1.88 bits per heavy atom. The van der Waals surface area contributed by atoms with Gasteiger partial charge in [0.2, 0.25) is 0 Å². The van der Waals surface area contributed by atoms with E-state index in [9.17, 15) is 9.59 Å². The lowest BCUT2D eigenvalue weighted by Crippen LogP contribution is -2.29. The van der Waals surface area contributed by atoms with Crippen LogP contribution in [0, 0.1) is 0 Å². The molecule has 0 saturated carbocycles. The number of benzene rings is 2. The summed E-state index contributed by atoms with van der Waals surface area (Å²) in [6.45, 7) is 0.390. The van der Waals surface area contributed by atoms with Crippen LogP contribution in [0.4, 0.5) is 5.69 Å². The zero-order valence-electron chi connectivity index (χ0n) is 14.1. The molecule has 3 aromatic rings. The average Bonchev–Trinajstić information content (AvgIpc) is 2.64. The Morgan fingerprint density at radius 3 is 2.62 bits per heavy atom. The van der Waals surface area contributed by atoms with Gasteiger partial charge in [-0.15, -0.1) is 0 Å². The summed E-state index contributed by atoms with van der Waals surface area (Å²) in [7, 11) is 1.49. The second kappa shape index (κ2) is 7.89. The Bertz CT molecular complexity index is 984. The quantitative estimate of drug-likeness (QED) is 0.745. The third-order valence-corrected chi connectivity index (χ3v) is 4.11. The lowest BCUT2D eigenvalue weighted by molar-refractivity contribution is 0.102. The highest BCUT2D eigenvalue weighted by Gasteiger charge is 2.15. The van der Waals surface area contributed by atoms with Gasteiger partial charge in [0.1, 0.15) is 11.3 Å². The number of hydrogen-bond acceptors (Lipinski definition) is 3. The zero-order valence-corrected chi connectivity index (χ0v) is 14.9. The third-order valence-electron chi connectivity index (χ3n) is 3.87. The maximum atomic E-state index is 12.7. The fourth-order valence-electron chi connectivity index (χ4n) is 2.58. The molecule has 0 aliphatic carbocycles. The van der Waals surface area contributed by atoms with Crippen molar-refractivity contribution in [2.45, 2.75) is 6.54 Å². The molecule has 0 atom stereocenters. The number of nitrogens with zero attached hydrogens (tertiary/aromatic N) is 1. The van der Waals surface area contributed by atoms with Crippen LogP contribution in [0.3, 0.4) is 0 Å². The number of hydrogen-bond donors (Lipinski definition) is 1. The first kappa shape index (κ1) is 17.8. The Kier molecular flexibility index (Phi) is 5.39. The molecule has 1 N–H and O–H groups in total. The van der Waals surface area contributed by atoms with E-state index in [4.69, 9.17) is 16.3 Å². The summed E-state index contributed by atoms with van der Waals surface area (Å²) in [5.74, 6) is -0.0544. The molecule has 0 radical (unpaired) electrons. The van der Waals surface area contributed by atoms with Gasteiger partial charge >= 0.3 is 0 Å². The molecule has 0 bridgehead atoms. The monoisotopic (exact) mass is 368 g/mol. The summed E-state index contributed by atoms with van der Waals surface area (Å²) >= 11 is 5.98. The SMILES string of the molecule is COc1ccc(Cl)cc1NC(=O)c1cccn(Cc2ccccc2)c1=O. The average molecular weight is 369 g/mol. The molecule has 26 heavy (non-hydrogen) atoms. The predicted octanol–water partition coefficient (Wildman–Crippen LogP) is 3.81. The van der Waals surface area contributed by atoms with Crippen LogP contribution in [0.25, 0.3) is 0 Å². The van der Waals surface area contributed by atoms with Crippen molar-refractivity contribution in [2.75, 3.05) is 12.4 Å². The summed E-state index contributed by atoms with van der Waals surface area (Å²) < 4.78 is 6.71. The Morgan fingerprint density at radius 1 is 1.12 bits per heavy atom. The molecule has 0 fully saturated rings. The van der Waals surface area contributed by atoms with E-state index in [0.29, 0.717) is 23.0 Å². The number of carbonyl (C=O) groups is 1. The maximum Gasteiger partial charge on any atom is 0.263 e. The van der Waals surface area contributed by atoms with Gasteiger partial charge in [-0.05, 0) is 35.9 Å². The molecule has 6 heteroatoms. The third kappa shape index (κ3) is 3.95. The van der Waals surface area contributed by atoms with Crippen molar-refractivity contribution in [3.05, 3.63) is 93.4 Å². The van der Waals surface area contributed by atoms with Gasteiger partial charge < -0.3 is 14.6 Å². The second-order valence-corrected chi connectivity index (χ2v) is 6.08. The fourth-order valence-corrected chi connectivity index (χ4v) is 2.75. The normalized spacial score (nSPS) is 10.4. The topological polar surface area (TPSA) is 60.3 Å². The lowest BCUT2D eigenvalue weighted by Gasteiger charge is -2.11. The summed E-state index contributed by atoms with van der Waals surface area (Å²) in [5.41, 5.74) is 1.06. The molecule has 3 rings (SSSR count). The number of pyridine rings is 1. The molecular formula is C20H17ClN2O3. The van der Waals surface area contributed by atoms with Crippen molar-refractivity contribution < 1.29 is 9.53 Å². The van der Waals surface area contributed by atoms with Gasteiger partial charge in [-0.1, -0.05) is 41.9 Å². The number of anilines is 1. The molecule has 1 heterocycles. The maximum absolute atomic E-state index is 12.7. The van der Waals surface area contributed by atoms with Gasteiger partial charge in [-0.25, -0.2) is 0 Å². The van der Waals surface area contributed by atoms with E-state index in [2.05, 4.69) is 5.32 Å². The largest absolute Gasteiger partial charge is 0.495 e. The molecule has 132 valence electrons. The van der Waals surface area contributed by atoms with Crippen LogP contribution < -0.4 is 15.6 Å². The Labute approximate surface area is 155 Å². The van der Waals surface area contributed by atoms with Crippen molar-refractivity contribution >= 4 is 23.2 Å². The molecule has 0 aliphatic rings. The first-order valence-electron chi connectivity index (χ1n) is 7.97. The van der Waals surface area contributed by atoms with Crippen molar-refractivity contribution in [3.63, 3.8) is 0 Å². The number of carbonyl (C=O) groups excluding carboxylic acids is 1.